The number of nitrogens with one attached hydrogen (secondary N) is 1. The molecule has 0 aliphatic carbocycles. The Morgan fingerprint density at radius 1 is 1.16 bits per heavy atom. The molecule has 0 fully saturated rings. The molecule has 2 atom stereocenters. The van der Waals surface area contributed by atoms with Gasteiger partial charge in [-0.2, -0.15) is 0 Å². The zero-order valence-corrected chi connectivity index (χ0v) is 11.1. The highest BCUT2D eigenvalue weighted by Gasteiger charge is 2.25. The summed E-state index contributed by atoms with van der Waals surface area (Å²) in [6.45, 7) is 3.57. The predicted molar refractivity (Wildman–Crippen MR) is 70.8 cm³/mol. The molecule has 0 saturated heterocycles. The zero-order chi connectivity index (χ0) is 14.4. The summed E-state index contributed by atoms with van der Waals surface area (Å²) in [6, 6.07) is 6.74. The third-order valence-corrected chi connectivity index (χ3v) is 3.20. The van der Waals surface area contributed by atoms with E-state index in [9.17, 15) is 9.59 Å². The van der Waals surface area contributed by atoms with Crippen LogP contribution in [0.3, 0.4) is 0 Å². The van der Waals surface area contributed by atoms with Crippen LogP contribution in [0.4, 0.5) is 0 Å². The molecule has 0 aliphatic heterocycles. The standard InChI is InChI=1S/C14H19NO4/c1-9(10(2)14(18)19)13(17)15-8-7-11-3-5-12(16)6-4-11/h3-6,9-10,16H,7-8H2,1-2H3,(H,15,17)(H,18,19). The molecule has 0 aliphatic rings. The van der Waals surface area contributed by atoms with Crippen molar-refractivity contribution < 1.29 is 19.8 Å². The summed E-state index contributed by atoms with van der Waals surface area (Å²) >= 11 is 0. The summed E-state index contributed by atoms with van der Waals surface area (Å²) in [4.78, 5) is 22.5. The lowest BCUT2D eigenvalue weighted by Crippen LogP contribution is -2.36. The Kier molecular flexibility index (Phi) is 5.36. The predicted octanol–water partition coefficient (Wildman–Crippen LogP) is 1.41. The first-order valence-corrected chi connectivity index (χ1v) is 6.20. The Balaban J connectivity index is 2.38. The van der Waals surface area contributed by atoms with Crippen molar-refractivity contribution in [3.63, 3.8) is 0 Å². The fraction of sp³-hybridized carbons (Fsp3) is 0.429. The molecule has 5 heteroatoms. The molecule has 0 radical (unpaired) electrons. The van der Waals surface area contributed by atoms with Gasteiger partial charge in [-0.3, -0.25) is 9.59 Å². The number of carboxylic acids is 1. The first kappa shape index (κ1) is 15.0. The number of carbonyl (C=O) groups excluding carboxylic acids is 1. The first-order chi connectivity index (χ1) is 8.91. The van der Waals surface area contributed by atoms with E-state index in [0.29, 0.717) is 13.0 Å². The third kappa shape index (κ3) is 4.62. The van der Waals surface area contributed by atoms with E-state index < -0.39 is 17.8 Å². The zero-order valence-electron chi connectivity index (χ0n) is 11.1. The number of phenolic OH excluding ortho intramolecular Hbond substituents is 1. The maximum absolute atomic E-state index is 11.7. The number of amides is 1. The minimum absolute atomic E-state index is 0.205. The maximum atomic E-state index is 11.7. The Morgan fingerprint density at radius 3 is 2.26 bits per heavy atom. The average Bonchev–Trinajstić information content (AvgIpc) is 2.39. The third-order valence-electron chi connectivity index (χ3n) is 3.20. The lowest BCUT2D eigenvalue weighted by atomic mass is 9.95. The Bertz CT molecular complexity index is 441. The van der Waals surface area contributed by atoms with E-state index in [0.717, 1.165) is 5.56 Å². The van der Waals surface area contributed by atoms with Gasteiger partial charge in [-0.25, -0.2) is 0 Å². The number of hydrogen-bond acceptors (Lipinski definition) is 3. The monoisotopic (exact) mass is 265 g/mol. The number of hydrogen-bond donors (Lipinski definition) is 3. The number of carboxylic acid groups (broad SMARTS) is 1. The lowest BCUT2D eigenvalue weighted by molar-refractivity contribution is -0.146. The molecule has 104 valence electrons. The van der Waals surface area contributed by atoms with E-state index in [4.69, 9.17) is 10.2 Å². The Labute approximate surface area is 112 Å². The fourth-order valence-electron chi connectivity index (χ4n) is 1.59. The van der Waals surface area contributed by atoms with Crippen molar-refractivity contribution >= 4 is 11.9 Å². The van der Waals surface area contributed by atoms with Crippen LogP contribution in [-0.2, 0) is 16.0 Å². The van der Waals surface area contributed by atoms with Gasteiger partial charge in [-0.15, -0.1) is 0 Å². The highest BCUT2D eigenvalue weighted by Crippen LogP contribution is 2.12. The van der Waals surface area contributed by atoms with E-state index in [1.165, 1.54) is 6.92 Å². The van der Waals surface area contributed by atoms with Crippen molar-refractivity contribution in [1.29, 1.82) is 0 Å². The normalized spacial score (nSPS) is 13.6. The van der Waals surface area contributed by atoms with Gasteiger partial charge >= 0.3 is 5.97 Å². The van der Waals surface area contributed by atoms with Gasteiger partial charge in [0.1, 0.15) is 5.75 Å². The summed E-state index contributed by atoms with van der Waals surface area (Å²) in [6.07, 6.45) is 0.639. The van der Waals surface area contributed by atoms with Crippen LogP contribution < -0.4 is 5.32 Å². The van der Waals surface area contributed by atoms with Crippen molar-refractivity contribution in [2.24, 2.45) is 11.8 Å². The highest BCUT2D eigenvalue weighted by molar-refractivity contribution is 5.84. The number of rotatable bonds is 6. The highest BCUT2D eigenvalue weighted by atomic mass is 16.4. The maximum Gasteiger partial charge on any atom is 0.307 e. The van der Waals surface area contributed by atoms with E-state index in [2.05, 4.69) is 5.32 Å². The summed E-state index contributed by atoms with van der Waals surface area (Å²) in [5.41, 5.74) is 0.997. The molecule has 3 N–H and O–H groups in total. The van der Waals surface area contributed by atoms with E-state index in [-0.39, 0.29) is 11.7 Å². The van der Waals surface area contributed by atoms with Gasteiger partial charge in [0.2, 0.25) is 5.91 Å². The average molecular weight is 265 g/mol. The number of aliphatic carboxylic acids is 1. The Morgan fingerprint density at radius 2 is 1.74 bits per heavy atom. The smallest absolute Gasteiger partial charge is 0.307 e. The van der Waals surface area contributed by atoms with Crippen molar-refractivity contribution in [1.82, 2.24) is 5.32 Å². The van der Waals surface area contributed by atoms with Gasteiger partial charge in [0.25, 0.3) is 0 Å². The van der Waals surface area contributed by atoms with Crippen LogP contribution in [0, 0.1) is 11.8 Å². The van der Waals surface area contributed by atoms with Crippen LogP contribution in [0.2, 0.25) is 0 Å². The fourth-order valence-corrected chi connectivity index (χ4v) is 1.59. The van der Waals surface area contributed by atoms with Gasteiger partial charge in [0.15, 0.2) is 0 Å². The molecule has 1 rings (SSSR count). The Hall–Kier alpha value is -2.04. The molecule has 1 aromatic rings. The van der Waals surface area contributed by atoms with Crippen LogP contribution >= 0.6 is 0 Å². The quantitative estimate of drug-likeness (QED) is 0.725. The van der Waals surface area contributed by atoms with Gasteiger partial charge < -0.3 is 15.5 Å². The largest absolute Gasteiger partial charge is 0.508 e. The molecule has 0 heterocycles. The summed E-state index contributed by atoms with van der Waals surface area (Å²) in [5.74, 6) is -2.28. The van der Waals surface area contributed by atoms with Crippen molar-refractivity contribution in [3.8, 4) is 5.75 Å². The molecule has 0 aromatic heterocycles. The van der Waals surface area contributed by atoms with Crippen molar-refractivity contribution in [3.05, 3.63) is 29.8 Å². The molecule has 0 bridgehead atoms. The summed E-state index contributed by atoms with van der Waals surface area (Å²) in [7, 11) is 0. The summed E-state index contributed by atoms with van der Waals surface area (Å²) < 4.78 is 0. The molecule has 5 nitrogen and oxygen atoms in total. The van der Waals surface area contributed by atoms with E-state index >= 15 is 0 Å². The van der Waals surface area contributed by atoms with E-state index in [1.54, 1.807) is 31.2 Å². The molecule has 1 aromatic carbocycles. The van der Waals surface area contributed by atoms with Gasteiger partial charge in [-0.1, -0.05) is 26.0 Å². The van der Waals surface area contributed by atoms with Crippen LogP contribution in [0.1, 0.15) is 19.4 Å². The minimum atomic E-state index is -0.971. The molecule has 2 unspecified atom stereocenters. The second kappa shape index (κ2) is 6.78. The minimum Gasteiger partial charge on any atom is -0.508 e. The number of aromatic hydroxyl groups is 1. The lowest BCUT2D eigenvalue weighted by Gasteiger charge is -2.15. The molecular formula is C14H19NO4. The SMILES string of the molecule is CC(C(=O)O)C(C)C(=O)NCCc1ccc(O)cc1. The van der Waals surface area contributed by atoms with Gasteiger partial charge in [0, 0.05) is 12.5 Å². The molecule has 1 amide bonds. The molecule has 19 heavy (non-hydrogen) atoms. The van der Waals surface area contributed by atoms with Crippen molar-refractivity contribution in [2.45, 2.75) is 20.3 Å². The molecular weight excluding hydrogens is 246 g/mol. The van der Waals surface area contributed by atoms with Crippen LogP contribution in [0.25, 0.3) is 0 Å². The van der Waals surface area contributed by atoms with E-state index in [1.807, 2.05) is 0 Å². The first-order valence-electron chi connectivity index (χ1n) is 6.20. The second-order valence-corrected chi connectivity index (χ2v) is 4.62. The van der Waals surface area contributed by atoms with Crippen molar-refractivity contribution in [2.75, 3.05) is 6.54 Å². The van der Waals surface area contributed by atoms with Gasteiger partial charge in [0.05, 0.1) is 5.92 Å². The number of benzene rings is 1. The molecule has 0 spiro atoms. The van der Waals surface area contributed by atoms with Crippen LogP contribution in [-0.4, -0.2) is 28.6 Å². The number of carbonyl (C=O) groups is 2. The number of phenols is 1. The topological polar surface area (TPSA) is 86.6 Å². The summed E-state index contributed by atoms with van der Waals surface area (Å²) in [5, 5.41) is 20.7. The second-order valence-electron chi connectivity index (χ2n) is 4.62. The van der Waals surface area contributed by atoms with Gasteiger partial charge in [-0.05, 0) is 24.1 Å². The van der Waals surface area contributed by atoms with Crippen LogP contribution in [0.5, 0.6) is 5.75 Å². The van der Waals surface area contributed by atoms with Crippen LogP contribution in [0.15, 0.2) is 24.3 Å². The molecule has 0 saturated carbocycles.